The number of carbonyl (C=O) groups excluding carboxylic acids is 4. The van der Waals surface area contributed by atoms with E-state index in [2.05, 4.69) is 16.0 Å². The standard InChI is InChI=1S/C28H34N4O8/c1-38-19-8-10-20(11-9-19)39-14-12-29-27(36)22-15-25(34)30-23(16-33)28(37)32-13-4-5-18(32)17-40-24-7-3-2-6-21(24)26(35)31-22/h2-3,6-11,18,22-23,33H,4-5,12-17H2,1H3,(H,29,36)(H,30,34)(H,31,35)/t18-,22+,23+/m1/s1. The van der Waals surface area contributed by atoms with Crippen LogP contribution in [-0.4, -0.2) is 91.8 Å². The molecule has 0 unspecified atom stereocenters. The number of fused-ring (bicyclic) bond motifs is 2. The van der Waals surface area contributed by atoms with Crippen LogP contribution in [0.15, 0.2) is 48.5 Å². The number of para-hydroxylation sites is 1. The van der Waals surface area contributed by atoms with Gasteiger partial charge in [-0.05, 0) is 49.2 Å². The Kier molecular flexibility index (Phi) is 9.79. The van der Waals surface area contributed by atoms with Crippen LogP contribution in [-0.2, 0) is 14.4 Å². The molecule has 0 radical (unpaired) electrons. The van der Waals surface area contributed by atoms with Crippen LogP contribution >= 0.6 is 0 Å². The molecule has 2 aromatic carbocycles. The number of aliphatic hydroxyl groups excluding tert-OH is 1. The van der Waals surface area contributed by atoms with Gasteiger partial charge in [-0.3, -0.25) is 19.2 Å². The molecular formula is C28H34N4O8. The molecule has 0 aromatic heterocycles. The minimum Gasteiger partial charge on any atom is -0.497 e. The summed E-state index contributed by atoms with van der Waals surface area (Å²) < 4.78 is 16.7. The van der Waals surface area contributed by atoms with E-state index in [9.17, 15) is 24.3 Å². The lowest BCUT2D eigenvalue weighted by Crippen LogP contribution is -2.55. The van der Waals surface area contributed by atoms with E-state index < -0.39 is 48.7 Å². The number of carbonyl (C=O) groups is 4. The van der Waals surface area contributed by atoms with Crippen LogP contribution < -0.4 is 30.2 Å². The molecule has 2 aromatic rings. The van der Waals surface area contributed by atoms with Gasteiger partial charge in [-0.1, -0.05) is 12.1 Å². The lowest BCUT2D eigenvalue weighted by molar-refractivity contribution is -0.139. The third-order valence-corrected chi connectivity index (χ3v) is 6.78. The summed E-state index contributed by atoms with van der Waals surface area (Å²) in [6.45, 7) is 0.237. The molecule has 0 spiro atoms. The molecule has 214 valence electrons. The minimum atomic E-state index is -1.27. The quantitative estimate of drug-likeness (QED) is 0.355. The third kappa shape index (κ3) is 7.20. The van der Waals surface area contributed by atoms with E-state index in [1.54, 1.807) is 60.5 Å². The maximum atomic E-state index is 13.2. The molecule has 4 N–H and O–H groups in total. The van der Waals surface area contributed by atoms with Gasteiger partial charge in [-0.2, -0.15) is 0 Å². The molecule has 4 rings (SSSR count). The van der Waals surface area contributed by atoms with Crippen LogP contribution in [0.3, 0.4) is 0 Å². The highest BCUT2D eigenvalue weighted by molar-refractivity contribution is 6.01. The maximum absolute atomic E-state index is 13.2. The number of amides is 4. The van der Waals surface area contributed by atoms with E-state index >= 15 is 0 Å². The highest BCUT2D eigenvalue weighted by Gasteiger charge is 2.35. The molecule has 0 saturated carbocycles. The smallest absolute Gasteiger partial charge is 0.255 e. The normalized spacial score (nSPS) is 21.6. The van der Waals surface area contributed by atoms with Crippen molar-refractivity contribution in [2.75, 3.05) is 40.0 Å². The number of aliphatic hydroxyl groups is 1. The molecule has 12 heteroatoms. The summed E-state index contributed by atoms with van der Waals surface area (Å²) >= 11 is 0. The first-order chi connectivity index (χ1) is 19.4. The fourth-order valence-electron chi connectivity index (χ4n) is 4.67. The number of hydrogen-bond donors (Lipinski definition) is 4. The monoisotopic (exact) mass is 554 g/mol. The molecule has 0 aliphatic carbocycles. The largest absolute Gasteiger partial charge is 0.497 e. The van der Waals surface area contributed by atoms with Crippen molar-refractivity contribution in [1.82, 2.24) is 20.9 Å². The predicted molar refractivity (Wildman–Crippen MR) is 143 cm³/mol. The van der Waals surface area contributed by atoms with Gasteiger partial charge in [-0.15, -0.1) is 0 Å². The average Bonchev–Trinajstić information content (AvgIpc) is 3.45. The summed E-state index contributed by atoms with van der Waals surface area (Å²) in [5.41, 5.74) is 0.199. The van der Waals surface area contributed by atoms with Gasteiger partial charge in [-0.25, -0.2) is 0 Å². The van der Waals surface area contributed by atoms with Crippen molar-refractivity contribution in [2.45, 2.75) is 37.4 Å². The molecule has 0 bridgehead atoms. The zero-order valence-electron chi connectivity index (χ0n) is 22.3. The van der Waals surface area contributed by atoms with Gasteiger partial charge in [0.25, 0.3) is 5.91 Å². The molecule has 4 amide bonds. The third-order valence-electron chi connectivity index (χ3n) is 6.78. The molecule has 1 fully saturated rings. The summed E-state index contributed by atoms with van der Waals surface area (Å²) in [7, 11) is 1.56. The second kappa shape index (κ2) is 13.7. The van der Waals surface area contributed by atoms with E-state index in [-0.39, 0.29) is 31.4 Å². The van der Waals surface area contributed by atoms with Crippen LogP contribution in [0, 0.1) is 0 Å². The van der Waals surface area contributed by atoms with Crippen LogP contribution in [0.25, 0.3) is 0 Å². The number of nitrogens with zero attached hydrogens (tertiary/aromatic N) is 1. The van der Waals surface area contributed by atoms with Gasteiger partial charge in [0.05, 0.1) is 38.3 Å². The topological polar surface area (TPSA) is 156 Å². The first kappa shape index (κ1) is 28.7. The second-order valence-electron chi connectivity index (χ2n) is 9.48. The van der Waals surface area contributed by atoms with E-state index in [1.807, 2.05) is 0 Å². The van der Waals surface area contributed by atoms with Crippen LogP contribution in [0.5, 0.6) is 17.2 Å². The fraction of sp³-hybridized carbons (Fsp3) is 0.429. The van der Waals surface area contributed by atoms with E-state index in [4.69, 9.17) is 14.2 Å². The number of hydrogen-bond acceptors (Lipinski definition) is 8. The number of nitrogens with one attached hydrogen (secondary N) is 3. The molecule has 2 aliphatic rings. The van der Waals surface area contributed by atoms with Gasteiger partial charge in [0.15, 0.2) is 0 Å². The fourth-order valence-corrected chi connectivity index (χ4v) is 4.67. The van der Waals surface area contributed by atoms with Gasteiger partial charge in [0.1, 0.15) is 42.5 Å². The minimum absolute atomic E-state index is 0.104. The summed E-state index contributed by atoms with van der Waals surface area (Å²) in [5, 5.41) is 17.7. The Balaban J connectivity index is 1.47. The van der Waals surface area contributed by atoms with Gasteiger partial charge < -0.3 is 40.2 Å². The highest BCUT2D eigenvalue weighted by atomic mass is 16.5. The summed E-state index contributed by atoms with van der Waals surface area (Å²) in [5.74, 6) is -0.732. The van der Waals surface area contributed by atoms with Crippen molar-refractivity contribution < 1.29 is 38.5 Å². The Labute approximate surface area is 232 Å². The molecule has 40 heavy (non-hydrogen) atoms. The van der Waals surface area contributed by atoms with Crippen molar-refractivity contribution in [1.29, 1.82) is 0 Å². The van der Waals surface area contributed by atoms with Crippen molar-refractivity contribution in [3.8, 4) is 17.2 Å². The Hall–Kier alpha value is -4.32. The first-order valence-corrected chi connectivity index (χ1v) is 13.2. The Morgan fingerprint density at radius 2 is 1.85 bits per heavy atom. The summed E-state index contributed by atoms with van der Waals surface area (Å²) in [6, 6.07) is 10.8. The van der Waals surface area contributed by atoms with Crippen molar-refractivity contribution in [3.05, 3.63) is 54.1 Å². The Bertz CT molecular complexity index is 1210. The molecule has 2 heterocycles. The van der Waals surface area contributed by atoms with Crippen molar-refractivity contribution in [3.63, 3.8) is 0 Å². The zero-order valence-corrected chi connectivity index (χ0v) is 22.3. The van der Waals surface area contributed by atoms with Crippen LogP contribution in [0.1, 0.15) is 29.6 Å². The van der Waals surface area contributed by atoms with Crippen molar-refractivity contribution >= 4 is 23.6 Å². The molecule has 1 saturated heterocycles. The summed E-state index contributed by atoms with van der Waals surface area (Å²) in [4.78, 5) is 53.9. The van der Waals surface area contributed by atoms with Crippen LogP contribution in [0.4, 0.5) is 0 Å². The van der Waals surface area contributed by atoms with Crippen LogP contribution in [0.2, 0.25) is 0 Å². The molecule has 3 atom stereocenters. The maximum Gasteiger partial charge on any atom is 0.255 e. The number of methoxy groups -OCH3 is 1. The van der Waals surface area contributed by atoms with E-state index in [1.165, 1.54) is 0 Å². The lowest BCUT2D eigenvalue weighted by atomic mass is 10.1. The second-order valence-corrected chi connectivity index (χ2v) is 9.48. The number of benzene rings is 2. The van der Waals surface area contributed by atoms with E-state index in [0.29, 0.717) is 30.2 Å². The highest BCUT2D eigenvalue weighted by Crippen LogP contribution is 2.23. The van der Waals surface area contributed by atoms with Gasteiger partial charge >= 0.3 is 0 Å². The zero-order chi connectivity index (χ0) is 28.5. The first-order valence-electron chi connectivity index (χ1n) is 13.2. The number of ether oxygens (including phenoxy) is 3. The Morgan fingerprint density at radius 1 is 1.10 bits per heavy atom. The molecule has 12 nitrogen and oxygen atoms in total. The van der Waals surface area contributed by atoms with Gasteiger partial charge in [0, 0.05) is 6.54 Å². The number of rotatable bonds is 7. The van der Waals surface area contributed by atoms with E-state index in [0.717, 1.165) is 6.42 Å². The van der Waals surface area contributed by atoms with Crippen molar-refractivity contribution in [2.24, 2.45) is 0 Å². The molecular weight excluding hydrogens is 520 g/mol. The average molecular weight is 555 g/mol. The molecule has 2 aliphatic heterocycles. The lowest BCUT2D eigenvalue weighted by Gasteiger charge is -2.29. The summed E-state index contributed by atoms with van der Waals surface area (Å²) in [6.07, 6.45) is 0.988. The predicted octanol–water partition coefficient (Wildman–Crippen LogP) is 0.239. The SMILES string of the molecule is COc1ccc(OCCNC(=O)[C@@H]2CC(=O)N[C@@H](CO)C(=O)N3CCC[C@@H]3COc3ccccc3C(=O)N2)cc1. The Morgan fingerprint density at radius 3 is 2.60 bits per heavy atom. The van der Waals surface area contributed by atoms with Gasteiger partial charge in [0.2, 0.25) is 17.7 Å².